The van der Waals surface area contributed by atoms with Crippen LogP contribution in [0.15, 0.2) is 72.8 Å². The summed E-state index contributed by atoms with van der Waals surface area (Å²) in [6.07, 6.45) is 0.0345. The molecule has 3 amide bonds. The molecule has 6 nitrogen and oxygen atoms in total. The number of hydrogen-bond donors (Lipinski definition) is 2. The fourth-order valence-corrected chi connectivity index (χ4v) is 4.29. The van der Waals surface area contributed by atoms with Crippen molar-refractivity contribution in [3.05, 3.63) is 89.5 Å². The van der Waals surface area contributed by atoms with Gasteiger partial charge in [-0.25, -0.2) is 4.79 Å². The maximum absolute atomic E-state index is 13.3. The number of nitrogens with one attached hydrogen (secondary N) is 2. The first-order valence-corrected chi connectivity index (χ1v) is 12.2. The maximum atomic E-state index is 13.3. The quantitative estimate of drug-likeness (QED) is 0.419. The fourth-order valence-electron chi connectivity index (χ4n) is 4.29. The molecule has 2 atom stereocenters. The van der Waals surface area contributed by atoms with Crippen molar-refractivity contribution < 1.29 is 14.3 Å². The minimum Gasteiger partial charge on any atom is -0.480 e. The smallest absolute Gasteiger partial charge is 0.323 e. The summed E-state index contributed by atoms with van der Waals surface area (Å²) < 4.78 is 6.10. The zero-order valence-corrected chi connectivity index (χ0v) is 20.7. The third kappa shape index (κ3) is 5.65. The fraction of sp³-hybridized carbons (Fsp3) is 0.310. The molecule has 0 aromatic heterocycles. The van der Waals surface area contributed by atoms with E-state index in [1.165, 1.54) is 5.56 Å². The number of hydrogen-bond acceptors (Lipinski definition) is 3. The molecule has 35 heavy (non-hydrogen) atoms. The molecule has 0 saturated heterocycles. The van der Waals surface area contributed by atoms with Crippen molar-refractivity contribution in [2.75, 3.05) is 10.6 Å². The minimum atomic E-state index is -0.543. The molecule has 3 aromatic carbocycles. The SMILES string of the molecule is CCC1Oc2ccc(NC(=O)Nc3ccc(C(C)C)cc3)cc2CN(C(C)c2ccccc2)C1=O. The Morgan fingerprint density at radius 2 is 1.60 bits per heavy atom. The van der Waals surface area contributed by atoms with E-state index in [0.717, 1.165) is 16.8 Å². The number of fused-ring (bicyclic) bond motifs is 1. The Kier molecular flexibility index (Phi) is 7.39. The Balaban J connectivity index is 1.52. The van der Waals surface area contributed by atoms with Crippen LogP contribution in [0.25, 0.3) is 0 Å². The summed E-state index contributed by atoms with van der Waals surface area (Å²) >= 11 is 0. The van der Waals surface area contributed by atoms with Gasteiger partial charge in [-0.05, 0) is 60.7 Å². The van der Waals surface area contributed by atoms with Gasteiger partial charge < -0.3 is 20.3 Å². The highest BCUT2D eigenvalue weighted by Gasteiger charge is 2.33. The standard InChI is InChI=1S/C29H33N3O3/c1-5-26-28(33)32(20(4)22-9-7-6-8-10-22)18-23-17-25(15-16-27(23)35-26)31-29(34)30-24-13-11-21(12-14-24)19(2)3/h6-17,19-20,26H,5,18H2,1-4H3,(H2,30,31,34). The predicted octanol–water partition coefficient (Wildman–Crippen LogP) is 6.71. The van der Waals surface area contributed by atoms with Gasteiger partial charge in [-0.3, -0.25) is 4.79 Å². The molecule has 2 unspecified atom stereocenters. The first kappa shape index (κ1) is 24.3. The van der Waals surface area contributed by atoms with E-state index in [0.29, 0.717) is 30.3 Å². The van der Waals surface area contributed by atoms with Gasteiger partial charge in [0.15, 0.2) is 6.10 Å². The van der Waals surface area contributed by atoms with Gasteiger partial charge in [0.2, 0.25) is 0 Å². The summed E-state index contributed by atoms with van der Waals surface area (Å²) in [4.78, 5) is 27.8. The molecule has 2 N–H and O–H groups in total. The van der Waals surface area contributed by atoms with Gasteiger partial charge in [0.05, 0.1) is 12.6 Å². The molecule has 1 heterocycles. The molecule has 3 aromatic rings. The van der Waals surface area contributed by atoms with Gasteiger partial charge in [0, 0.05) is 16.9 Å². The number of nitrogens with zero attached hydrogens (tertiary/aromatic N) is 1. The number of carbonyl (C=O) groups excluding carboxylic acids is 2. The Hall–Kier alpha value is -3.80. The molecule has 0 saturated carbocycles. The Morgan fingerprint density at radius 1 is 0.943 bits per heavy atom. The summed E-state index contributed by atoms with van der Waals surface area (Å²) in [5.41, 5.74) is 4.51. The number of amides is 3. The summed E-state index contributed by atoms with van der Waals surface area (Å²) in [5, 5.41) is 5.78. The highest BCUT2D eigenvalue weighted by Crippen LogP contribution is 2.33. The molecule has 1 aliphatic heterocycles. The number of anilines is 2. The second-order valence-electron chi connectivity index (χ2n) is 9.25. The highest BCUT2D eigenvalue weighted by molar-refractivity contribution is 5.99. The average Bonchev–Trinajstić information content (AvgIpc) is 3.00. The molecule has 0 bridgehead atoms. The van der Waals surface area contributed by atoms with E-state index >= 15 is 0 Å². The van der Waals surface area contributed by atoms with Crippen LogP contribution in [-0.4, -0.2) is 22.9 Å². The molecule has 4 rings (SSSR count). The van der Waals surface area contributed by atoms with Crippen LogP contribution in [0.4, 0.5) is 16.2 Å². The molecule has 1 aliphatic rings. The highest BCUT2D eigenvalue weighted by atomic mass is 16.5. The van der Waals surface area contributed by atoms with E-state index in [-0.39, 0.29) is 18.0 Å². The van der Waals surface area contributed by atoms with Crippen molar-refractivity contribution in [1.29, 1.82) is 0 Å². The van der Waals surface area contributed by atoms with Crippen LogP contribution in [0.5, 0.6) is 5.75 Å². The largest absolute Gasteiger partial charge is 0.480 e. The topological polar surface area (TPSA) is 70.7 Å². The van der Waals surface area contributed by atoms with Crippen molar-refractivity contribution >= 4 is 23.3 Å². The summed E-state index contributed by atoms with van der Waals surface area (Å²) in [6.45, 7) is 8.65. The number of rotatable bonds is 6. The number of benzene rings is 3. The second kappa shape index (κ2) is 10.6. The lowest BCUT2D eigenvalue weighted by molar-refractivity contribution is -0.140. The lowest BCUT2D eigenvalue weighted by atomic mass is 10.0. The van der Waals surface area contributed by atoms with E-state index in [1.54, 1.807) is 6.07 Å². The first-order chi connectivity index (χ1) is 16.9. The third-order valence-electron chi connectivity index (χ3n) is 6.44. The van der Waals surface area contributed by atoms with Gasteiger partial charge >= 0.3 is 6.03 Å². The lowest BCUT2D eigenvalue weighted by Gasteiger charge is -2.30. The van der Waals surface area contributed by atoms with Crippen molar-refractivity contribution in [3.8, 4) is 5.75 Å². The maximum Gasteiger partial charge on any atom is 0.323 e. The molecule has 0 radical (unpaired) electrons. The summed E-state index contributed by atoms with van der Waals surface area (Å²) in [6, 6.07) is 22.9. The average molecular weight is 472 g/mol. The van der Waals surface area contributed by atoms with E-state index in [2.05, 4.69) is 24.5 Å². The van der Waals surface area contributed by atoms with Gasteiger partial charge in [-0.15, -0.1) is 0 Å². The minimum absolute atomic E-state index is 0.0304. The van der Waals surface area contributed by atoms with Crippen molar-refractivity contribution in [1.82, 2.24) is 4.90 Å². The van der Waals surface area contributed by atoms with Gasteiger partial charge in [0.1, 0.15) is 5.75 Å². The van der Waals surface area contributed by atoms with Crippen LogP contribution in [0.3, 0.4) is 0 Å². The molecule has 0 aliphatic carbocycles. The van der Waals surface area contributed by atoms with Gasteiger partial charge in [-0.1, -0.05) is 63.2 Å². The normalized spacial score (nSPS) is 16.2. The predicted molar refractivity (Wildman–Crippen MR) is 140 cm³/mol. The van der Waals surface area contributed by atoms with Crippen LogP contribution in [0, 0.1) is 0 Å². The molecular weight excluding hydrogens is 438 g/mol. The van der Waals surface area contributed by atoms with E-state index in [4.69, 9.17) is 4.74 Å². The Bertz CT molecular complexity index is 1180. The van der Waals surface area contributed by atoms with Crippen LogP contribution < -0.4 is 15.4 Å². The van der Waals surface area contributed by atoms with E-state index in [9.17, 15) is 9.59 Å². The monoisotopic (exact) mass is 471 g/mol. The number of ether oxygens (including phenoxy) is 1. The Labute approximate surface area is 207 Å². The van der Waals surface area contributed by atoms with Crippen LogP contribution in [0.2, 0.25) is 0 Å². The molecular formula is C29H33N3O3. The molecule has 0 fully saturated rings. The Morgan fingerprint density at radius 3 is 2.26 bits per heavy atom. The lowest BCUT2D eigenvalue weighted by Crippen LogP contribution is -2.40. The first-order valence-electron chi connectivity index (χ1n) is 12.2. The molecule has 0 spiro atoms. The van der Waals surface area contributed by atoms with Crippen molar-refractivity contribution in [2.45, 2.75) is 58.7 Å². The number of urea groups is 1. The summed E-state index contributed by atoms with van der Waals surface area (Å²) in [7, 11) is 0. The zero-order chi connectivity index (χ0) is 24.9. The van der Waals surface area contributed by atoms with Crippen molar-refractivity contribution in [2.24, 2.45) is 0 Å². The van der Waals surface area contributed by atoms with Crippen LogP contribution in [-0.2, 0) is 11.3 Å². The summed E-state index contributed by atoms with van der Waals surface area (Å²) in [5.74, 6) is 1.07. The number of carbonyl (C=O) groups is 2. The van der Waals surface area contributed by atoms with Gasteiger partial charge in [0.25, 0.3) is 5.91 Å². The zero-order valence-electron chi connectivity index (χ0n) is 20.7. The van der Waals surface area contributed by atoms with Crippen molar-refractivity contribution in [3.63, 3.8) is 0 Å². The second-order valence-corrected chi connectivity index (χ2v) is 9.25. The van der Waals surface area contributed by atoms with E-state index in [1.807, 2.05) is 85.5 Å². The molecule has 6 heteroatoms. The van der Waals surface area contributed by atoms with Crippen LogP contribution in [0.1, 0.15) is 62.8 Å². The van der Waals surface area contributed by atoms with E-state index < -0.39 is 6.10 Å². The molecule has 182 valence electrons. The van der Waals surface area contributed by atoms with Crippen LogP contribution >= 0.6 is 0 Å². The van der Waals surface area contributed by atoms with Gasteiger partial charge in [-0.2, -0.15) is 0 Å². The third-order valence-corrected chi connectivity index (χ3v) is 6.44.